The summed E-state index contributed by atoms with van der Waals surface area (Å²) in [6.45, 7) is 7.46. The molecule has 5 nitrogen and oxygen atoms in total. The molecule has 0 aromatic heterocycles. The monoisotopic (exact) mass is 388 g/mol. The van der Waals surface area contributed by atoms with Crippen molar-refractivity contribution in [3.8, 4) is 0 Å². The molecule has 154 valence electrons. The van der Waals surface area contributed by atoms with Gasteiger partial charge in [-0.25, -0.2) is 0 Å². The van der Waals surface area contributed by atoms with Crippen LogP contribution in [0.1, 0.15) is 72.6 Å². The molecular weight excluding hydrogens is 356 g/mol. The Bertz CT molecular complexity index is 739. The van der Waals surface area contributed by atoms with Crippen LogP contribution in [0, 0.1) is 28.6 Å². The maximum absolute atomic E-state index is 12.0. The number of esters is 2. The molecule has 7 atom stereocenters. The molecule has 0 saturated heterocycles. The van der Waals surface area contributed by atoms with Crippen LogP contribution >= 0.6 is 0 Å². The summed E-state index contributed by atoms with van der Waals surface area (Å²) in [5.41, 5.74) is 1.01. The Morgan fingerprint density at radius 1 is 1.04 bits per heavy atom. The van der Waals surface area contributed by atoms with Crippen molar-refractivity contribution >= 4 is 17.7 Å². The van der Waals surface area contributed by atoms with Gasteiger partial charge in [0.15, 0.2) is 5.78 Å². The second-order valence-electron chi connectivity index (χ2n) is 9.92. The third-order valence-corrected chi connectivity index (χ3v) is 8.41. The first-order valence-electron chi connectivity index (χ1n) is 10.7. The molecular formula is C23H32O5. The number of ketones is 1. The van der Waals surface area contributed by atoms with Gasteiger partial charge in [0.2, 0.25) is 0 Å². The SMILES string of the molecule is CC(=O)O[C@H]1CC[C@H]2[C@@H]3CCC4=CC(=O)CC[C@]4(C)[C@H]3[C@H](OC(C)=O)C[C@]12C. The summed E-state index contributed by atoms with van der Waals surface area (Å²) in [4.78, 5) is 35.7. The van der Waals surface area contributed by atoms with Gasteiger partial charge < -0.3 is 9.47 Å². The second-order valence-corrected chi connectivity index (χ2v) is 9.92. The molecule has 5 heteroatoms. The lowest BCUT2D eigenvalue weighted by Gasteiger charge is -2.59. The molecule has 0 amide bonds. The highest BCUT2D eigenvalue weighted by molar-refractivity contribution is 5.91. The van der Waals surface area contributed by atoms with E-state index in [-0.39, 0.29) is 46.7 Å². The zero-order valence-electron chi connectivity index (χ0n) is 17.5. The number of rotatable bonds is 2. The summed E-state index contributed by atoms with van der Waals surface area (Å²) in [7, 11) is 0. The molecule has 4 aliphatic carbocycles. The van der Waals surface area contributed by atoms with Crippen molar-refractivity contribution < 1.29 is 23.9 Å². The van der Waals surface area contributed by atoms with Gasteiger partial charge in [0, 0.05) is 31.6 Å². The Balaban J connectivity index is 1.73. The van der Waals surface area contributed by atoms with E-state index in [0.29, 0.717) is 18.3 Å². The maximum Gasteiger partial charge on any atom is 0.302 e. The molecule has 0 heterocycles. The van der Waals surface area contributed by atoms with E-state index >= 15 is 0 Å². The third-order valence-electron chi connectivity index (χ3n) is 8.41. The fourth-order valence-electron chi connectivity index (χ4n) is 7.32. The average Bonchev–Trinajstić information content (AvgIpc) is 2.90. The Morgan fingerprint density at radius 2 is 1.75 bits per heavy atom. The van der Waals surface area contributed by atoms with E-state index in [0.717, 1.165) is 38.5 Å². The molecule has 0 N–H and O–H groups in total. The van der Waals surface area contributed by atoms with E-state index in [4.69, 9.17) is 9.47 Å². The molecule has 4 aliphatic rings. The van der Waals surface area contributed by atoms with Crippen LogP contribution in [-0.2, 0) is 23.9 Å². The number of carbonyl (C=O) groups is 3. The van der Waals surface area contributed by atoms with Crippen molar-refractivity contribution in [3.05, 3.63) is 11.6 Å². The minimum atomic E-state index is -0.251. The van der Waals surface area contributed by atoms with Gasteiger partial charge in [0.1, 0.15) is 12.2 Å². The molecule has 0 aromatic carbocycles. The van der Waals surface area contributed by atoms with E-state index in [9.17, 15) is 14.4 Å². The molecule has 0 unspecified atom stereocenters. The molecule has 0 aromatic rings. The van der Waals surface area contributed by atoms with Crippen LogP contribution in [0.4, 0.5) is 0 Å². The van der Waals surface area contributed by atoms with Gasteiger partial charge >= 0.3 is 11.9 Å². The van der Waals surface area contributed by atoms with E-state index in [1.807, 2.05) is 6.08 Å². The maximum atomic E-state index is 12.0. The molecule has 28 heavy (non-hydrogen) atoms. The molecule has 4 rings (SSSR count). The fraction of sp³-hybridized carbons (Fsp3) is 0.783. The first-order chi connectivity index (χ1) is 13.1. The number of hydrogen-bond donors (Lipinski definition) is 0. The molecule has 0 spiro atoms. The van der Waals surface area contributed by atoms with Crippen LogP contribution < -0.4 is 0 Å². The smallest absolute Gasteiger partial charge is 0.302 e. The first-order valence-corrected chi connectivity index (χ1v) is 10.7. The van der Waals surface area contributed by atoms with Gasteiger partial charge in [-0.15, -0.1) is 0 Å². The van der Waals surface area contributed by atoms with Crippen molar-refractivity contribution in [2.24, 2.45) is 28.6 Å². The molecule has 0 aliphatic heterocycles. The molecule has 3 saturated carbocycles. The summed E-state index contributed by atoms with van der Waals surface area (Å²) < 4.78 is 11.7. The Hall–Kier alpha value is -1.65. The van der Waals surface area contributed by atoms with Crippen LogP contribution in [0.25, 0.3) is 0 Å². The van der Waals surface area contributed by atoms with Gasteiger partial charge in [-0.2, -0.15) is 0 Å². The van der Waals surface area contributed by atoms with Crippen LogP contribution in [0.5, 0.6) is 0 Å². The highest BCUT2D eigenvalue weighted by atomic mass is 16.6. The topological polar surface area (TPSA) is 69.7 Å². The van der Waals surface area contributed by atoms with Crippen LogP contribution in [0.3, 0.4) is 0 Å². The zero-order chi connectivity index (χ0) is 20.3. The number of allylic oxidation sites excluding steroid dienone is 1. The average molecular weight is 389 g/mol. The molecule has 3 fully saturated rings. The highest BCUT2D eigenvalue weighted by Gasteiger charge is 2.63. The quantitative estimate of drug-likeness (QED) is 0.669. The summed E-state index contributed by atoms with van der Waals surface area (Å²) >= 11 is 0. The summed E-state index contributed by atoms with van der Waals surface area (Å²) in [6.07, 6.45) is 7.62. The molecule has 0 radical (unpaired) electrons. The van der Waals surface area contributed by atoms with Crippen LogP contribution in [-0.4, -0.2) is 29.9 Å². The van der Waals surface area contributed by atoms with Crippen molar-refractivity contribution in [2.45, 2.75) is 84.8 Å². The van der Waals surface area contributed by atoms with Crippen molar-refractivity contribution in [1.29, 1.82) is 0 Å². The normalized spacial score (nSPS) is 44.6. The third kappa shape index (κ3) is 2.93. The minimum absolute atomic E-state index is 0.0855. The standard InChI is InChI=1S/C23H32O5/c1-13(24)27-19-12-23(4)18(7-8-20(23)28-14(2)25)17-6-5-15-11-16(26)9-10-22(15,3)21(17)19/h11,17-21H,5-10,12H2,1-4H3/t17-,18-,19+,20-,21+,22-,23-/m0/s1. The summed E-state index contributed by atoms with van der Waals surface area (Å²) in [5.74, 6) is 0.873. The van der Waals surface area contributed by atoms with Crippen molar-refractivity contribution in [3.63, 3.8) is 0 Å². The van der Waals surface area contributed by atoms with Crippen LogP contribution in [0.15, 0.2) is 11.6 Å². The summed E-state index contributed by atoms with van der Waals surface area (Å²) in [6, 6.07) is 0. The van der Waals surface area contributed by atoms with E-state index < -0.39 is 0 Å². The lowest BCUT2D eigenvalue weighted by Crippen LogP contribution is -2.58. The van der Waals surface area contributed by atoms with Crippen molar-refractivity contribution in [2.75, 3.05) is 0 Å². The van der Waals surface area contributed by atoms with Gasteiger partial charge in [0.25, 0.3) is 0 Å². The fourth-order valence-corrected chi connectivity index (χ4v) is 7.32. The number of fused-ring (bicyclic) bond motifs is 5. The van der Waals surface area contributed by atoms with Crippen LogP contribution in [0.2, 0.25) is 0 Å². The van der Waals surface area contributed by atoms with Gasteiger partial charge in [-0.3, -0.25) is 14.4 Å². The predicted octanol–water partition coefficient (Wildman–Crippen LogP) is 3.99. The first kappa shape index (κ1) is 19.7. The predicted molar refractivity (Wildman–Crippen MR) is 103 cm³/mol. The highest BCUT2D eigenvalue weighted by Crippen LogP contribution is 2.66. The summed E-state index contributed by atoms with van der Waals surface area (Å²) in [5, 5.41) is 0. The number of carbonyl (C=O) groups excluding carboxylic acids is 3. The second kappa shape index (κ2) is 6.70. The minimum Gasteiger partial charge on any atom is -0.462 e. The molecule has 0 bridgehead atoms. The van der Waals surface area contributed by atoms with E-state index in [1.165, 1.54) is 19.4 Å². The zero-order valence-corrected chi connectivity index (χ0v) is 17.5. The van der Waals surface area contributed by atoms with E-state index in [2.05, 4.69) is 13.8 Å². The van der Waals surface area contributed by atoms with Crippen molar-refractivity contribution in [1.82, 2.24) is 0 Å². The van der Waals surface area contributed by atoms with Gasteiger partial charge in [-0.1, -0.05) is 19.4 Å². The van der Waals surface area contributed by atoms with E-state index in [1.54, 1.807) is 0 Å². The largest absolute Gasteiger partial charge is 0.462 e. The van der Waals surface area contributed by atoms with Gasteiger partial charge in [0.05, 0.1) is 0 Å². The lowest BCUT2D eigenvalue weighted by molar-refractivity contribution is -0.185. The Labute approximate surface area is 167 Å². The Morgan fingerprint density at radius 3 is 2.43 bits per heavy atom. The lowest BCUT2D eigenvalue weighted by atomic mass is 9.46. The number of ether oxygens (including phenoxy) is 2. The van der Waals surface area contributed by atoms with Gasteiger partial charge in [-0.05, 0) is 61.9 Å². The number of hydrogen-bond acceptors (Lipinski definition) is 5. The Kier molecular flexibility index (Phi) is 4.71.